The van der Waals surface area contributed by atoms with E-state index >= 15 is 0 Å². The van der Waals surface area contributed by atoms with Crippen molar-refractivity contribution in [3.05, 3.63) is 107 Å². The monoisotopic (exact) mass is 358 g/mol. The van der Waals surface area contributed by atoms with E-state index in [0.29, 0.717) is 24.0 Å². The Balaban J connectivity index is 1.53. The first kappa shape index (κ1) is 18.6. The standard InChI is InChI=1S/C24H22O3/c1-18-7-9-19(10-8-18)11-16-23(25)21-12-14-22(15-13-21)24(26)27-17-20-5-3-2-4-6-20/h2-10,12-15H,11,16-17H2,1H3. The number of carbonyl (C=O) groups is 2. The summed E-state index contributed by atoms with van der Waals surface area (Å²) in [5.74, 6) is -0.322. The summed E-state index contributed by atoms with van der Waals surface area (Å²) in [7, 11) is 0. The van der Waals surface area contributed by atoms with Crippen LogP contribution in [0.4, 0.5) is 0 Å². The Morgan fingerprint density at radius 1 is 0.741 bits per heavy atom. The molecule has 0 aliphatic heterocycles. The topological polar surface area (TPSA) is 43.4 Å². The van der Waals surface area contributed by atoms with Crippen molar-refractivity contribution < 1.29 is 14.3 Å². The van der Waals surface area contributed by atoms with Gasteiger partial charge in [0.15, 0.2) is 5.78 Å². The molecule has 3 aromatic carbocycles. The molecule has 0 aliphatic rings. The lowest BCUT2D eigenvalue weighted by atomic mass is 10.0. The van der Waals surface area contributed by atoms with Crippen LogP contribution in [0.15, 0.2) is 78.9 Å². The first-order chi connectivity index (χ1) is 13.1. The Kier molecular flexibility index (Phi) is 6.16. The van der Waals surface area contributed by atoms with Crippen molar-refractivity contribution in [2.75, 3.05) is 0 Å². The lowest BCUT2D eigenvalue weighted by Gasteiger charge is -2.06. The number of esters is 1. The lowest BCUT2D eigenvalue weighted by molar-refractivity contribution is 0.0472. The van der Waals surface area contributed by atoms with Gasteiger partial charge in [-0.3, -0.25) is 4.79 Å². The number of rotatable bonds is 7. The van der Waals surface area contributed by atoms with Gasteiger partial charge < -0.3 is 4.74 Å². The first-order valence-electron chi connectivity index (χ1n) is 9.02. The maximum Gasteiger partial charge on any atom is 0.338 e. The predicted molar refractivity (Wildman–Crippen MR) is 106 cm³/mol. The quantitative estimate of drug-likeness (QED) is 0.432. The normalized spacial score (nSPS) is 10.4. The fraction of sp³-hybridized carbons (Fsp3) is 0.167. The summed E-state index contributed by atoms with van der Waals surface area (Å²) in [5, 5.41) is 0. The molecular weight excluding hydrogens is 336 g/mol. The first-order valence-corrected chi connectivity index (χ1v) is 9.02. The molecule has 3 rings (SSSR count). The van der Waals surface area contributed by atoms with Crippen LogP contribution in [0.2, 0.25) is 0 Å². The second kappa shape index (κ2) is 8.95. The van der Waals surface area contributed by atoms with Crippen molar-refractivity contribution in [2.24, 2.45) is 0 Å². The number of ether oxygens (including phenoxy) is 1. The molecule has 0 amide bonds. The van der Waals surface area contributed by atoms with Gasteiger partial charge in [0.2, 0.25) is 0 Å². The van der Waals surface area contributed by atoms with E-state index in [2.05, 4.69) is 24.3 Å². The molecule has 0 fully saturated rings. The fourth-order valence-corrected chi connectivity index (χ4v) is 2.76. The summed E-state index contributed by atoms with van der Waals surface area (Å²) < 4.78 is 5.31. The van der Waals surface area contributed by atoms with Gasteiger partial charge in [-0.05, 0) is 36.6 Å². The van der Waals surface area contributed by atoms with Gasteiger partial charge in [0.05, 0.1) is 5.56 Å². The van der Waals surface area contributed by atoms with Gasteiger partial charge in [-0.1, -0.05) is 72.3 Å². The second-order valence-corrected chi connectivity index (χ2v) is 6.55. The molecule has 0 atom stereocenters. The van der Waals surface area contributed by atoms with E-state index in [1.54, 1.807) is 24.3 Å². The van der Waals surface area contributed by atoms with Crippen molar-refractivity contribution in [1.29, 1.82) is 0 Å². The van der Waals surface area contributed by atoms with Crippen LogP contribution in [0.3, 0.4) is 0 Å². The van der Waals surface area contributed by atoms with Gasteiger partial charge in [-0.25, -0.2) is 4.79 Å². The van der Waals surface area contributed by atoms with Crippen molar-refractivity contribution in [1.82, 2.24) is 0 Å². The third-order valence-corrected chi connectivity index (χ3v) is 4.42. The van der Waals surface area contributed by atoms with Gasteiger partial charge in [0.25, 0.3) is 0 Å². The Morgan fingerprint density at radius 3 is 2.04 bits per heavy atom. The van der Waals surface area contributed by atoms with Crippen LogP contribution >= 0.6 is 0 Å². The number of hydrogen-bond acceptors (Lipinski definition) is 3. The molecule has 0 aromatic heterocycles. The highest BCUT2D eigenvalue weighted by Crippen LogP contribution is 2.12. The molecular formula is C24H22O3. The Bertz CT molecular complexity index is 895. The number of ketones is 1. The van der Waals surface area contributed by atoms with Gasteiger partial charge in [-0.15, -0.1) is 0 Å². The van der Waals surface area contributed by atoms with Crippen LogP contribution in [-0.4, -0.2) is 11.8 Å². The molecule has 27 heavy (non-hydrogen) atoms. The molecule has 3 heteroatoms. The molecule has 136 valence electrons. The molecule has 0 bridgehead atoms. The summed E-state index contributed by atoms with van der Waals surface area (Å²) in [6.45, 7) is 2.28. The number of Topliss-reactive ketones (excluding diaryl/α,β-unsaturated/α-hetero) is 1. The van der Waals surface area contributed by atoms with Crippen LogP contribution in [-0.2, 0) is 17.8 Å². The smallest absolute Gasteiger partial charge is 0.338 e. The average Bonchev–Trinajstić information content (AvgIpc) is 2.72. The molecule has 0 aliphatic carbocycles. The highest BCUT2D eigenvalue weighted by molar-refractivity contribution is 5.97. The highest BCUT2D eigenvalue weighted by Gasteiger charge is 2.10. The largest absolute Gasteiger partial charge is 0.457 e. The third kappa shape index (κ3) is 5.38. The Labute approximate surface area is 159 Å². The second-order valence-electron chi connectivity index (χ2n) is 6.55. The summed E-state index contributed by atoms with van der Waals surface area (Å²) in [6, 6.07) is 24.4. The van der Waals surface area contributed by atoms with Gasteiger partial charge in [0.1, 0.15) is 6.61 Å². The van der Waals surface area contributed by atoms with E-state index < -0.39 is 5.97 Å². The van der Waals surface area contributed by atoms with E-state index in [4.69, 9.17) is 4.74 Å². The molecule has 3 aromatic rings. The van der Waals surface area contributed by atoms with E-state index in [-0.39, 0.29) is 12.4 Å². The number of aryl methyl sites for hydroxylation is 2. The zero-order valence-electron chi connectivity index (χ0n) is 15.4. The van der Waals surface area contributed by atoms with Crippen molar-refractivity contribution in [2.45, 2.75) is 26.4 Å². The van der Waals surface area contributed by atoms with Crippen LogP contribution in [0.25, 0.3) is 0 Å². The number of hydrogen-bond donors (Lipinski definition) is 0. The van der Waals surface area contributed by atoms with E-state index in [9.17, 15) is 9.59 Å². The summed E-state index contributed by atoms with van der Waals surface area (Å²) in [5.41, 5.74) is 4.35. The van der Waals surface area contributed by atoms with E-state index in [1.165, 1.54) is 5.56 Å². The zero-order valence-corrected chi connectivity index (χ0v) is 15.4. The molecule has 0 saturated carbocycles. The third-order valence-electron chi connectivity index (χ3n) is 4.42. The summed E-state index contributed by atoms with van der Waals surface area (Å²) >= 11 is 0. The molecule has 3 nitrogen and oxygen atoms in total. The van der Waals surface area contributed by atoms with Crippen molar-refractivity contribution in [3.8, 4) is 0 Å². The summed E-state index contributed by atoms with van der Waals surface area (Å²) in [6.07, 6.45) is 1.15. The van der Waals surface area contributed by atoms with Crippen LogP contribution in [0.1, 0.15) is 43.8 Å². The van der Waals surface area contributed by atoms with E-state index in [1.807, 2.05) is 37.3 Å². The van der Waals surface area contributed by atoms with Crippen molar-refractivity contribution >= 4 is 11.8 Å². The number of benzene rings is 3. The summed E-state index contributed by atoms with van der Waals surface area (Å²) in [4.78, 5) is 24.5. The minimum Gasteiger partial charge on any atom is -0.457 e. The van der Waals surface area contributed by atoms with Gasteiger partial charge in [-0.2, -0.15) is 0 Å². The number of carbonyl (C=O) groups excluding carboxylic acids is 2. The molecule has 0 heterocycles. The minimum absolute atomic E-state index is 0.0692. The zero-order chi connectivity index (χ0) is 19.1. The van der Waals surface area contributed by atoms with Gasteiger partial charge in [0, 0.05) is 12.0 Å². The van der Waals surface area contributed by atoms with Crippen LogP contribution in [0.5, 0.6) is 0 Å². The van der Waals surface area contributed by atoms with Crippen molar-refractivity contribution in [3.63, 3.8) is 0 Å². The van der Waals surface area contributed by atoms with Gasteiger partial charge >= 0.3 is 5.97 Å². The van der Waals surface area contributed by atoms with E-state index in [0.717, 1.165) is 11.1 Å². The lowest BCUT2D eigenvalue weighted by Crippen LogP contribution is -2.06. The minimum atomic E-state index is -0.391. The molecule has 0 saturated heterocycles. The molecule has 0 unspecified atom stereocenters. The van der Waals surface area contributed by atoms with Crippen LogP contribution < -0.4 is 0 Å². The molecule has 0 radical (unpaired) electrons. The Morgan fingerprint density at radius 2 is 1.37 bits per heavy atom. The maximum atomic E-state index is 12.4. The molecule has 0 spiro atoms. The molecule has 0 N–H and O–H groups in total. The fourth-order valence-electron chi connectivity index (χ4n) is 2.76. The highest BCUT2D eigenvalue weighted by atomic mass is 16.5. The predicted octanol–water partition coefficient (Wildman–Crippen LogP) is 5.17. The SMILES string of the molecule is Cc1ccc(CCC(=O)c2ccc(C(=O)OCc3ccccc3)cc2)cc1. The Hall–Kier alpha value is -3.20. The average molecular weight is 358 g/mol. The van der Waals surface area contributed by atoms with Crippen LogP contribution in [0, 0.1) is 6.92 Å². The maximum absolute atomic E-state index is 12.4.